The summed E-state index contributed by atoms with van der Waals surface area (Å²) in [4.78, 5) is 4.04. The molecule has 0 spiro atoms. The Morgan fingerprint density at radius 1 is 1.50 bits per heavy atom. The molecule has 0 saturated carbocycles. The molecule has 6 nitrogen and oxygen atoms in total. The van der Waals surface area contributed by atoms with Gasteiger partial charge in [0.05, 0.1) is 12.4 Å². The molecule has 0 aliphatic rings. The number of nitrogens with one attached hydrogen (secondary N) is 1. The predicted octanol–water partition coefficient (Wildman–Crippen LogP) is 1.34. The van der Waals surface area contributed by atoms with E-state index in [1.54, 1.807) is 16.9 Å². The molecule has 1 unspecified atom stereocenters. The molecular formula is C9H13ClN6. The molecule has 2 aromatic heterocycles. The first kappa shape index (κ1) is 11.1. The highest BCUT2D eigenvalue weighted by atomic mass is 35.5. The van der Waals surface area contributed by atoms with Gasteiger partial charge in [0, 0.05) is 11.9 Å². The summed E-state index contributed by atoms with van der Waals surface area (Å²) in [6, 6.07) is 0. The van der Waals surface area contributed by atoms with Crippen molar-refractivity contribution in [3.8, 4) is 0 Å². The summed E-state index contributed by atoms with van der Waals surface area (Å²) >= 11 is 6.03. The Morgan fingerprint density at radius 3 is 3.19 bits per heavy atom. The van der Waals surface area contributed by atoms with Crippen LogP contribution >= 0.6 is 11.6 Å². The van der Waals surface area contributed by atoms with E-state index >= 15 is 0 Å². The topological polar surface area (TPSA) is 68.0 Å². The van der Waals surface area contributed by atoms with Crippen molar-refractivity contribution >= 4 is 23.1 Å². The van der Waals surface area contributed by atoms with E-state index in [0.717, 1.165) is 25.2 Å². The van der Waals surface area contributed by atoms with Crippen LogP contribution in [-0.2, 0) is 0 Å². The van der Waals surface area contributed by atoms with Crippen molar-refractivity contribution in [3.05, 3.63) is 12.4 Å². The molecule has 0 aromatic carbocycles. The van der Waals surface area contributed by atoms with Crippen LogP contribution in [0.15, 0.2) is 12.4 Å². The smallest absolute Gasteiger partial charge is 0.199 e. The number of fused-ring (bicyclic) bond motifs is 1. The average molecular weight is 241 g/mol. The fourth-order valence-electron chi connectivity index (χ4n) is 1.36. The largest absolute Gasteiger partial charge is 0.369 e. The van der Waals surface area contributed by atoms with Crippen molar-refractivity contribution in [2.24, 2.45) is 0 Å². The van der Waals surface area contributed by atoms with Crippen LogP contribution in [0, 0.1) is 0 Å². The van der Waals surface area contributed by atoms with Crippen molar-refractivity contribution < 1.29 is 0 Å². The van der Waals surface area contributed by atoms with Crippen molar-refractivity contribution in [3.63, 3.8) is 0 Å². The Morgan fingerprint density at radius 2 is 2.38 bits per heavy atom. The minimum Gasteiger partial charge on any atom is -0.369 e. The number of tetrazole rings is 1. The van der Waals surface area contributed by atoms with Gasteiger partial charge in [-0.05, 0) is 23.3 Å². The standard InChI is InChI=1S/C9H13ClN6/c1-2-7(10)3-4-12-8-5-11-6-9-13-14-15-16(8)9/h5-7,12H,2-4H2,1H3. The highest BCUT2D eigenvalue weighted by molar-refractivity contribution is 6.20. The molecule has 0 radical (unpaired) electrons. The molecule has 86 valence electrons. The quantitative estimate of drug-likeness (QED) is 0.799. The monoisotopic (exact) mass is 240 g/mol. The summed E-state index contributed by atoms with van der Waals surface area (Å²) in [6.07, 6.45) is 5.17. The second-order valence-corrected chi connectivity index (χ2v) is 4.08. The highest BCUT2D eigenvalue weighted by Gasteiger charge is 2.04. The molecule has 0 amide bonds. The maximum atomic E-state index is 6.03. The molecule has 7 heteroatoms. The van der Waals surface area contributed by atoms with Gasteiger partial charge in [0.1, 0.15) is 5.82 Å². The number of halogens is 1. The van der Waals surface area contributed by atoms with E-state index in [4.69, 9.17) is 11.6 Å². The van der Waals surface area contributed by atoms with E-state index in [1.807, 2.05) is 0 Å². The molecule has 0 fully saturated rings. The lowest BCUT2D eigenvalue weighted by Crippen LogP contribution is -2.11. The van der Waals surface area contributed by atoms with Crippen LogP contribution in [0.3, 0.4) is 0 Å². The Hall–Kier alpha value is -1.43. The summed E-state index contributed by atoms with van der Waals surface area (Å²) in [5, 5.41) is 14.7. The second-order valence-electron chi connectivity index (χ2n) is 3.46. The van der Waals surface area contributed by atoms with E-state index in [0.29, 0.717) is 5.65 Å². The van der Waals surface area contributed by atoms with E-state index < -0.39 is 0 Å². The third-order valence-corrected chi connectivity index (χ3v) is 2.84. The van der Waals surface area contributed by atoms with Crippen LogP contribution in [0.25, 0.3) is 5.65 Å². The van der Waals surface area contributed by atoms with Gasteiger partial charge in [-0.2, -0.15) is 4.52 Å². The van der Waals surface area contributed by atoms with Crippen LogP contribution in [0.4, 0.5) is 5.82 Å². The first-order valence-corrected chi connectivity index (χ1v) is 5.65. The fourth-order valence-corrected chi connectivity index (χ4v) is 1.47. The molecule has 2 aromatic rings. The fraction of sp³-hybridized carbons (Fsp3) is 0.556. The van der Waals surface area contributed by atoms with Gasteiger partial charge in [0.2, 0.25) is 0 Å². The zero-order valence-corrected chi connectivity index (χ0v) is 9.72. The number of aromatic nitrogens is 5. The molecule has 0 bridgehead atoms. The third-order valence-electron chi connectivity index (χ3n) is 2.32. The number of nitrogens with zero attached hydrogens (tertiary/aromatic N) is 5. The minimum atomic E-state index is 0.202. The number of anilines is 1. The van der Waals surface area contributed by atoms with Crippen molar-refractivity contribution in [2.45, 2.75) is 25.1 Å². The summed E-state index contributed by atoms with van der Waals surface area (Å²) in [7, 11) is 0. The third kappa shape index (κ3) is 2.38. The summed E-state index contributed by atoms with van der Waals surface area (Å²) < 4.78 is 1.61. The van der Waals surface area contributed by atoms with Gasteiger partial charge in [0.15, 0.2) is 5.65 Å². The SMILES string of the molecule is CCC(Cl)CCNc1cncc2nnnn12. The predicted molar refractivity (Wildman–Crippen MR) is 61.6 cm³/mol. The zero-order valence-electron chi connectivity index (χ0n) is 8.97. The van der Waals surface area contributed by atoms with Crippen LogP contribution < -0.4 is 5.32 Å². The maximum Gasteiger partial charge on any atom is 0.199 e. The summed E-state index contributed by atoms with van der Waals surface area (Å²) in [6.45, 7) is 2.85. The summed E-state index contributed by atoms with van der Waals surface area (Å²) in [5.74, 6) is 0.780. The Kier molecular flexibility index (Phi) is 3.51. The molecule has 2 rings (SSSR count). The van der Waals surface area contributed by atoms with Crippen molar-refractivity contribution in [1.82, 2.24) is 25.0 Å². The molecule has 0 saturated heterocycles. The number of hydrogen-bond donors (Lipinski definition) is 1. The molecule has 0 aliphatic heterocycles. The molecule has 16 heavy (non-hydrogen) atoms. The van der Waals surface area contributed by atoms with E-state index in [-0.39, 0.29) is 5.38 Å². The maximum absolute atomic E-state index is 6.03. The van der Waals surface area contributed by atoms with E-state index in [9.17, 15) is 0 Å². The van der Waals surface area contributed by atoms with Gasteiger partial charge < -0.3 is 5.32 Å². The lowest BCUT2D eigenvalue weighted by Gasteiger charge is -2.08. The number of rotatable bonds is 5. The van der Waals surface area contributed by atoms with E-state index in [2.05, 4.69) is 32.7 Å². The molecule has 1 N–H and O–H groups in total. The van der Waals surface area contributed by atoms with Gasteiger partial charge in [-0.25, -0.2) is 0 Å². The zero-order chi connectivity index (χ0) is 11.4. The number of hydrogen-bond acceptors (Lipinski definition) is 5. The lowest BCUT2D eigenvalue weighted by atomic mass is 10.2. The molecular weight excluding hydrogens is 228 g/mol. The van der Waals surface area contributed by atoms with Gasteiger partial charge >= 0.3 is 0 Å². The van der Waals surface area contributed by atoms with Gasteiger partial charge in [-0.15, -0.1) is 16.7 Å². The van der Waals surface area contributed by atoms with Gasteiger partial charge in [0.25, 0.3) is 0 Å². The highest BCUT2D eigenvalue weighted by Crippen LogP contribution is 2.09. The van der Waals surface area contributed by atoms with Crippen molar-refractivity contribution in [1.29, 1.82) is 0 Å². The lowest BCUT2D eigenvalue weighted by molar-refractivity contribution is 0.745. The molecule has 0 aliphatic carbocycles. The van der Waals surface area contributed by atoms with Gasteiger partial charge in [-0.3, -0.25) is 4.98 Å². The van der Waals surface area contributed by atoms with E-state index in [1.165, 1.54) is 0 Å². The first-order chi connectivity index (χ1) is 7.81. The Labute approximate surface area is 98.0 Å². The normalized spacial score (nSPS) is 12.9. The Balaban J connectivity index is 2.01. The number of alkyl halides is 1. The molecule has 1 atom stereocenters. The van der Waals surface area contributed by atoms with Crippen LogP contribution in [-0.4, -0.2) is 36.9 Å². The average Bonchev–Trinajstić information content (AvgIpc) is 2.77. The van der Waals surface area contributed by atoms with Crippen LogP contribution in [0.5, 0.6) is 0 Å². The van der Waals surface area contributed by atoms with Crippen LogP contribution in [0.2, 0.25) is 0 Å². The molecule has 2 heterocycles. The Bertz CT molecular complexity index is 456. The van der Waals surface area contributed by atoms with Crippen molar-refractivity contribution in [2.75, 3.05) is 11.9 Å². The van der Waals surface area contributed by atoms with Crippen LogP contribution in [0.1, 0.15) is 19.8 Å². The summed E-state index contributed by atoms with van der Waals surface area (Å²) in [5.41, 5.74) is 0.628. The minimum absolute atomic E-state index is 0.202. The van der Waals surface area contributed by atoms with Gasteiger partial charge in [-0.1, -0.05) is 6.92 Å². The first-order valence-electron chi connectivity index (χ1n) is 5.21. The second kappa shape index (κ2) is 5.07.